The largest absolute Gasteiger partial charge is 0.417 e. The smallest absolute Gasteiger partial charge is 0.383 e. The number of pyridine rings is 1. The standard InChI is InChI=1S/C15H9Cl2F3N4/c16-10-3-1-8(2-4-10)11-7-23-24(13(11)21)14-12(17)5-9(6-22-14)15(18,19)20/h1-7H,21H2. The minimum Gasteiger partial charge on any atom is -0.383 e. The van der Waals surface area contributed by atoms with Crippen molar-refractivity contribution < 1.29 is 13.2 Å². The van der Waals surface area contributed by atoms with Crippen molar-refractivity contribution >= 4 is 29.0 Å². The van der Waals surface area contributed by atoms with Crippen LogP contribution in [0.2, 0.25) is 10.0 Å². The molecule has 1 aromatic carbocycles. The molecule has 2 N–H and O–H groups in total. The van der Waals surface area contributed by atoms with Gasteiger partial charge in [0, 0.05) is 16.8 Å². The first-order valence-electron chi connectivity index (χ1n) is 6.60. The van der Waals surface area contributed by atoms with Crippen molar-refractivity contribution in [3.05, 3.63) is 58.3 Å². The Labute approximate surface area is 144 Å². The number of hydrogen-bond acceptors (Lipinski definition) is 3. The maximum atomic E-state index is 12.7. The van der Waals surface area contributed by atoms with Gasteiger partial charge in [0.05, 0.1) is 16.8 Å². The highest BCUT2D eigenvalue weighted by Gasteiger charge is 2.32. The van der Waals surface area contributed by atoms with E-state index in [-0.39, 0.29) is 16.7 Å². The summed E-state index contributed by atoms with van der Waals surface area (Å²) in [4.78, 5) is 3.74. The maximum absolute atomic E-state index is 12.7. The van der Waals surface area contributed by atoms with Crippen LogP contribution in [0.4, 0.5) is 19.0 Å². The van der Waals surface area contributed by atoms with Gasteiger partial charge < -0.3 is 5.73 Å². The Balaban J connectivity index is 2.04. The van der Waals surface area contributed by atoms with E-state index in [1.54, 1.807) is 24.3 Å². The molecule has 0 spiro atoms. The van der Waals surface area contributed by atoms with E-state index in [9.17, 15) is 13.2 Å². The molecule has 0 fully saturated rings. The summed E-state index contributed by atoms with van der Waals surface area (Å²) >= 11 is 11.8. The zero-order chi connectivity index (χ0) is 17.5. The lowest BCUT2D eigenvalue weighted by molar-refractivity contribution is -0.137. The summed E-state index contributed by atoms with van der Waals surface area (Å²) in [6.07, 6.45) is -2.36. The topological polar surface area (TPSA) is 56.7 Å². The first-order valence-corrected chi connectivity index (χ1v) is 7.35. The Morgan fingerprint density at radius 1 is 1.04 bits per heavy atom. The predicted octanol–water partition coefficient (Wildman–Crippen LogP) is 4.84. The van der Waals surface area contributed by atoms with Crippen molar-refractivity contribution in [2.45, 2.75) is 6.18 Å². The van der Waals surface area contributed by atoms with Gasteiger partial charge in [-0.2, -0.15) is 23.0 Å². The van der Waals surface area contributed by atoms with Gasteiger partial charge >= 0.3 is 6.18 Å². The highest BCUT2D eigenvalue weighted by Crippen LogP contribution is 2.34. The van der Waals surface area contributed by atoms with Crippen molar-refractivity contribution in [1.29, 1.82) is 0 Å². The first-order chi connectivity index (χ1) is 11.3. The second-order valence-electron chi connectivity index (χ2n) is 4.89. The minimum atomic E-state index is -4.53. The quantitative estimate of drug-likeness (QED) is 0.699. The van der Waals surface area contributed by atoms with Crippen molar-refractivity contribution in [1.82, 2.24) is 14.8 Å². The summed E-state index contributed by atoms with van der Waals surface area (Å²) in [7, 11) is 0. The summed E-state index contributed by atoms with van der Waals surface area (Å²) in [5.74, 6) is 0.217. The van der Waals surface area contributed by atoms with Crippen LogP contribution in [0.25, 0.3) is 16.9 Å². The van der Waals surface area contributed by atoms with E-state index in [1.165, 1.54) is 10.9 Å². The van der Waals surface area contributed by atoms with E-state index in [1.807, 2.05) is 0 Å². The number of hydrogen-bond donors (Lipinski definition) is 1. The van der Waals surface area contributed by atoms with Gasteiger partial charge in [-0.1, -0.05) is 35.3 Å². The van der Waals surface area contributed by atoms with Gasteiger partial charge in [0.25, 0.3) is 0 Å². The van der Waals surface area contributed by atoms with Crippen LogP contribution >= 0.6 is 23.2 Å². The Bertz CT molecular complexity index is 889. The zero-order valence-corrected chi connectivity index (χ0v) is 13.4. The number of nitrogens with two attached hydrogens (primary N) is 1. The third kappa shape index (κ3) is 3.05. The highest BCUT2D eigenvalue weighted by atomic mass is 35.5. The van der Waals surface area contributed by atoms with Crippen LogP contribution < -0.4 is 5.73 Å². The molecule has 0 amide bonds. The van der Waals surface area contributed by atoms with Crippen LogP contribution in [0.5, 0.6) is 0 Å². The fourth-order valence-electron chi connectivity index (χ4n) is 2.12. The number of nitrogens with zero attached hydrogens (tertiary/aromatic N) is 3. The summed E-state index contributed by atoms with van der Waals surface area (Å²) in [6.45, 7) is 0. The van der Waals surface area contributed by atoms with Gasteiger partial charge in [-0.05, 0) is 23.8 Å². The molecule has 0 aliphatic rings. The third-order valence-electron chi connectivity index (χ3n) is 3.31. The Morgan fingerprint density at radius 3 is 2.29 bits per heavy atom. The molecule has 0 atom stereocenters. The zero-order valence-electron chi connectivity index (χ0n) is 11.9. The lowest BCUT2D eigenvalue weighted by atomic mass is 10.1. The van der Waals surface area contributed by atoms with Crippen molar-refractivity contribution in [2.75, 3.05) is 5.73 Å². The number of alkyl halides is 3. The molecule has 124 valence electrons. The van der Waals surface area contributed by atoms with E-state index < -0.39 is 11.7 Å². The van der Waals surface area contributed by atoms with Gasteiger partial charge in [0.15, 0.2) is 5.82 Å². The molecule has 0 saturated heterocycles. The van der Waals surface area contributed by atoms with E-state index in [0.29, 0.717) is 16.8 Å². The molecule has 0 radical (unpaired) electrons. The Morgan fingerprint density at radius 2 is 1.71 bits per heavy atom. The van der Waals surface area contributed by atoms with Crippen molar-refractivity contribution in [2.24, 2.45) is 0 Å². The van der Waals surface area contributed by atoms with E-state index in [2.05, 4.69) is 10.1 Å². The number of aromatic nitrogens is 3. The number of rotatable bonds is 2. The summed E-state index contributed by atoms with van der Waals surface area (Å²) in [5.41, 5.74) is 6.44. The number of anilines is 1. The molecule has 0 saturated carbocycles. The van der Waals surface area contributed by atoms with E-state index in [4.69, 9.17) is 28.9 Å². The predicted molar refractivity (Wildman–Crippen MR) is 86.2 cm³/mol. The van der Waals surface area contributed by atoms with Gasteiger partial charge in [-0.3, -0.25) is 0 Å². The second kappa shape index (κ2) is 5.99. The van der Waals surface area contributed by atoms with Gasteiger partial charge in [0.1, 0.15) is 5.82 Å². The molecule has 3 aromatic rings. The van der Waals surface area contributed by atoms with Gasteiger partial charge in [0.2, 0.25) is 0 Å². The molecular weight excluding hydrogens is 364 g/mol. The number of nitrogen functional groups attached to an aromatic ring is 1. The monoisotopic (exact) mass is 372 g/mol. The van der Waals surface area contributed by atoms with Crippen molar-refractivity contribution in [3.8, 4) is 16.9 Å². The Hall–Kier alpha value is -2.25. The molecule has 2 aromatic heterocycles. The minimum absolute atomic E-state index is 0.0161. The second-order valence-corrected chi connectivity index (χ2v) is 5.73. The first kappa shape index (κ1) is 16.6. The van der Waals surface area contributed by atoms with E-state index in [0.717, 1.165) is 11.6 Å². The average molecular weight is 373 g/mol. The van der Waals surface area contributed by atoms with Crippen LogP contribution in [-0.4, -0.2) is 14.8 Å². The SMILES string of the molecule is Nc1c(-c2ccc(Cl)cc2)cnn1-c1ncc(C(F)(F)F)cc1Cl. The summed E-state index contributed by atoms with van der Waals surface area (Å²) < 4.78 is 39.2. The van der Waals surface area contributed by atoms with Crippen LogP contribution in [0.15, 0.2) is 42.7 Å². The molecule has 0 bridgehead atoms. The molecule has 4 nitrogen and oxygen atoms in total. The van der Waals surface area contributed by atoms with Crippen LogP contribution in [-0.2, 0) is 6.18 Å². The molecule has 0 aliphatic carbocycles. The van der Waals surface area contributed by atoms with Crippen LogP contribution in [0.3, 0.4) is 0 Å². The normalized spacial score (nSPS) is 11.7. The molecule has 9 heteroatoms. The average Bonchev–Trinajstić information content (AvgIpc) is 2.89. The van der Waals surface area contributed by atoms with Crippen LogP contribution in [0.1, 0.15) is 5.56 Å². The molecule has 24 heavy (non-hydrogen) atoms. The van der Waals surface area contributed by atoms with Gasteiger partial charge in [-0.25, -0.2) is 4.98 Å². The van der Waals surface area contributed by atoms with E-state index >= 15 is 0 Å². The highest BCUT2D eigenvalue weighted by molar-refractivity contribution is 6.32. The van der Waals surface area contributed by atoms with Crippen LogP contribution in [0, 0.1) is 0 Å². The Kier molecular flexibility index (Phi) is 4.15. The fraction of sp³-hybridized carbons (Fsp3) is 0.0667. The number of halogens is 5. The lowest BCUT2D eigenvalue weighted by Crippen LogP contribution is -2.09. The molecular formula is C15H9Cl2F3N4. The lowest BCUT2D eigenvalue weighted by Gasteiger charge is -2.10. The molecule has 3 rings (SSSR count). The summed E-state index contributed by atoms with van der Waals surface area (Å²) in [5, 5.41) is 4.43. The molecule has 0 aliphatic heterocycles. The third-order valence-corrected chi connectivity index (χ3v) is 3.84. The number of benzene rings is 1. The summed E-state index contributed by atoms with van der Waals surface area (Å²) in [6, 6.07) is 7.67. The maximum Gasteiger partial charge on any atom is 0.417 e. The van der Waals surface area contributed by atoms with Crippen molar-refractivity contribution in [3.63, 3.8) is 0 Å². The molecule has 0 unspecified atom stereocenters. The molecule has 2 heterocycles. The fourth-order valence-corrected chi connectivity index (χ4v) is 2.49. The van der Waals surface area contributed by atoms with Gasteiger partial charge in [-0.15, -0.1) is 0 Å².